The van der Waals surface area contributed by atoms with Gasteiger partial charge in [-0.1, -0.05) is 36.8 Å². The van der Waals surface area contributed by atoms with Gasteiger partial charge in [-0.15, -0.1) is 0 Å². The Morgan fingerprint density at radius 2 is 1.92 bits per heavy atom. The summed E-state index contributed by atoms with van der Waals surface area (Å²) in [6.07, 6.45) is 3.92. The Hall–Kier alpha value is -2.33. The van der Waals surface area contributed by atoms with Crippen LogP contribution in [0.1, 0.15) is 37.3 Å². The summed E-state index contributed by atoms with van der Waals surface area (Å²) in [6.45, 7) is 6.44. The molecule has 0 radical (unpaired) electrons. The molecule has 0 aliphatic carbocycles. The molecule has 0 aromatic heterocycles. The van der Waals surface area contributed by atoms with E-state index in [1.807, 2.05) is 43.3 Å². The quantitative estimate of drug-likeness (QED) is 0.838. The first-order chi connectivity index (χ1) is 12.6. The van der Waals surface area contributed by atoms with Crippen LogP contribution in [0.15, 0.2) is 48.5 Å². The third-order valence-corrected chi connectivity index (χ3v) is 5.02. The largest absolute Gasteiger partial charge is 0.483 e. The number of aryl methyl sites for hydroxylation is 1. The minimum atomic E-state index is -0.148. The van der Waals surface area contributed by atoms with Crippen molar-refractivity contribution in [3.05, 3.63) is 59.7 Å². The third kappa shape index (κ3) is 5.09. The van der Waals surface area contributed by atoms with Gasteiger partial charge in [-0.2, -0.15) is 0 Å². The minimum absolute atomic E-state index is 0.0118. The molecule has 1 heterocycles. The zero-order valence-corrected chi connectivity index (χ0v) is 15.7. The number of carbonyl (C=O) groups excluding carboxylic acids is 1. The van der Waals surface area contributed by atoms with Crippen LogP contribution < -0.4 is 10.1 Å². The lowest BCUT2D eigenvalue weighted by molar-refractivity contribution is -0.118. The predicted molar refractivity (Wildman–Crippen MR) is 105 cm³/mol. The Balaban J connectivity index is 1.49. The van der Waals surface area contributed by atoms with E-state index in [0.717, 1.165) is 23.5 Å². The number of rotatable bonds is 6. The van der Waals surface area contributed by atoms with Crippen LogP contribution in [-0.4, -0.2) is 30.0 Å². The number of benzene rings is 2. The number of anilines is 1. The third-order valence-electron chi connectivity index (χ3n) is 5.02. The Morgan fingerprint density at radius 3 is 2.65 bits per heavy atom. The van der Waals surface area contributed by atoms with Crippen LogP contribution in [0.3, 0.4) is 0 Å². The second kappa shape index (κ2) is 8.86. The van der Waals surface area contributed by atoms with Crippen LogP contribution in [0.4, 0.5) is 5.69 Å². The zero-order chi connectivity index (χ0) is 18.4. The molecule has 1 saturated heterocycles. The summed E-state index contributed by atoms with van der Waals surface area (Å²) < 4.78 is 5.59. The molecule has 1 fully saturated rings. The standard InChI is InChI=1S/C22H28N2O2/c1-17-7-3-4-9-21(17)26-16-22(25)23-20-12-10-19(11-13-20)15-24-14-6-5-8-18(24)2/h3-4,7,9-13,18H,5-6,8,14-16H2,1-2H3,(H,23,25)/t18-/m0/s1. The van der Waals surface area contributed by atoms with Gasteiger partial charge >= 0.3 is 0 Å². The van der Waals surface area contributed by atoms with E-state index in [4.69, 9.17) is 4.74 Å². The van der Waals surface area contributed by atoms with Gasteiger partial charge in [0.1, 0.15) is 5.75 Å². The normalized spacial score (nSPS) is 17.7. The van der Waals surface area contributed by atoms with Crippen molar-refractivity contribution in [2.24, 2.45) is 0 Å². The molecule has 4 nitrogen and oxygen atoms in total. The van der Waals surface area contributed by atoms with Gasteiger partial charge in [0.25, 0.3) is 5.91 Å². The molecule has 1 atom stereocenters. The number of piperidine rings is 1. The van der Waals surface area contributed by atoms with E-state index in [0.29, 0.717) is 6.04 Å². The Bertz CT molecular complexity index is 727. The molecule has 4 heteroatoms. The molecule has 26 heavy (non-hydrogen) atoms. The van der Waals surface area contributed by atoms with Crippen LogP contribution in [-0.2, 0) is 11.3 Å². The maximum absolute atomic E-state index is 12.1. The Morgan fingerprint density at radius 1 is 1.15 bits per heavy atom. The number of hydrogen-bond donors (Lipinski definition) is 1. The maximum atomic E-state index is 12.1. The fraction of sp³-hybridized carbons (Fsp3) is 0.409. The molecule has 0 spiro atoms. The lowest BCUT2D eigenvalue weighted by Gasteiger charge is -2.33. The van der Waals surface area contributed by atoms with Crippen LogP contribution in [0.2, 0.25) is 0 Å². The molecule has 1 aliphatic heterocycles. The Kier molecular flexibility index (Phi) is 6.29. The first-order valence-corrected chi connectivity index (χ1v) is 9.43. The van der Waals surface area contributed by atoms with E-state index in [1.54, 1.807) is 0 Å². The van der Waals surface area contributed by atoms with Crippen LogP contribution in [0, 0.1) is 6.92 Å². The zero-order valence-electron chi connectivity index (χ0n) is 15.7. The fourth-order valence-corrected chi connectivity index (χ4v) is 3.38. The molecular formula is C22H28N2O2. The van der Waals surface area contributed by atoms with Crippen molar-refractivity contribution in [1.29, 1.82) is 0 Å². The average molecular weight is 352 g/mol. The van der Waals surface area contributed by atoms with Gasteiger partial charge in [0.05, 0.1) is 0 Å². The second-order valence-corrected chi connectivity index (χ2v) is 7.11. The summed E-state index contributed by atoms with van der Waals surface area (Å²) >= 11 is 0. The first-order valence-electron chi connectivity index (χ1n) is 9.43. The molecule has 0 saturated carbocycles. The number of carbonyl (C=O) groups is 1. The number of likely N-dealkylation sites (tertiary alicyclic amines) is 1. The second-order valence-electron chi connectivity index (χ2n) is 7.11. The molecule has 138 valence electrons. The number of ether oxygens (including phenoxy) is 1. The maximum Gasteiger partial charge on any atom is 0.262 e. The SMILES string of the molecule is Cc1ccccc1OCC(=O)Nc1ccc(CN2CCCC[C@@H]2C)cc1. The molecule has 2 aromatic carbocycles. The summed E-state index contributed by atoms with van der Waals surface area (Å²) in [4.78, 5) is 14.6. The summed E-state index contributed by atoms with van der Waals surface area (Å²) in [5.74, 6) is 0.597. The van der Waals surface area contributed by atoms with E-state index in [-0.39, 0.29) is 12.5 Å². The molecule has 1 amide bonds. The monoisotopic (exact) mass is 352 g/mol. The van der Waals surface area contributed by atoms with Gasteiger partial charge in [0.2, 0.25) is 0 Å². The first kappa shape index (κ1) is 18.5. The molecule has 1 aliphatic rings. The molecule has 0 unspecified atom stereocenters. The van der Waals surface area contributed by atoms with Crippen molar-refractivity contribution in [1.82, 2.24) is 4.90 Å². The highest BCUT2D eigenvalue weighted by atomic mass is 16.5. The molecule has 3 rings (SSSR count). The average Bonchev–Trinajstić information content (AvgIpc) is 2.64. The van der Waals surface area contributed by atoms with Crippen LogP contribution >= 0.6 is 0 Å². The predicted octanol–water partition coefficient (Wildman–Crippen LogP) is 4.39. The number of nitrogens with one attached hydrogen (secondary N) is 1. The van der Waals surface area contributed by atoms with E-state index in [9.17, 15) is 4.79 Å². The molecule has 2 aromatic rings. The van der Waals surface area contributed by atoms with E-state index >= 15 is 0 Å². The van der Waals surface area contributed by atoms with Crippen LogP contribution in [0.25, 0.3) is 0 Å². The summed E-state index contributed by atoms with van der Waals surface area (Å²) in [6, 6.07) is 16.5. The lowest BCUT2D eigenvalue weighted by Crippen LogP contribution is -2.36. The van der Waals surface area contributed by atoms with Gasteiger partial charge < -0.3 is 10.1 Å². The van der Waals surface area contributed by atoms with Crippen molar-refractivity contribution in [3.63, 3.8) is 0 Å². The fourth-order valence-electron chi connectivity index (χ4n) is 3.38. The summed E-state index contributed by atoms with van der Waals surface area (Å²) in [5, 5.41) is 2.89. The van der Waals surface area contributed by atoms with Gasteiger partial charge in [-0.25, -0.2) is 0 Å². The van der Waals surface area contributed by atoms with Crippen molar-refractivity contribution < 1.29 is 9.53 Å². The highest BCUT2D eigenvalue weighted by molar-refractivity contribution is 5.91. The summed E-state index contributed by atoms with van der Waals surface area (Å²) in [5.41, 5.74) is 3.11. The van der Waals surface area contributed by atoms with Gasteiger partial charge in [-0.3, -0.25) is 9.69 Å². The topological polar surface area (TPSA) is 41.6 Å². The smallest absolute Gasteiger partial charge is 0.262 e. The number of para-hydroxylation sites is 1. The van der Waals surface area contributed by atoms with Crippen molar-refractivity contribution in [2.75, 3.05) is 18.5 Å². The number of amides is 1. The van der Waals surface area contributed by atoms with E-state index in [2.05, 4.69) is 29.3 Å². The van der Waals surface area contributed by atoms with Crippen molar-refractivity contribution in [2.45, 2.75) is 45.7 Å². The molecular weight excluding hydrogens is 324 g/mol. The highest BCUT2D eigenvalue weighted by Crippen LogP contribution is 2.20. The Labute approximate surface area is 156 Å². The van der Waals surface area contributed by atoms with Crippen molar-refractivity contribution in [3.8, 4) is 5.75 Å². The van der Waals surface area contributed by atoms with Crippen molar-refractivity contribution >= 4 is 11.6 Å². The van der Waals surface area contributed by atoms with E-state index in [1.165, 1.54) is 31.4 Å². The number of nitrogens with zero attached hydrogens (tertiary/aromatic N) is 1. The van der Waals surface area contributed by atoms with Gasteiger partial charge in [-0.05, 0) is 62.6 Å². The summed E-state index contributed by atoms with van der Waals surface area (Å²) in [7, 11) is 0. The number of hydrogen-bond acceptors (Lipinski definition) is 3. The van der Waals surface area contributed by atoms with Gasteiger partial charge in [0, 0.05) is 18.3 Å². The lowest BCUT2D eigenvalue weighted by atomic mass is 10.0. The van der Waals surface area contributed by atoms with E-state index < -0.39 is 0 Å². The highest BCUT2D eigenvalue weighted by Gasteiger charge is 2.18. The molecule has 1 N–H and O–H groups in total. The van der Waals surface area contributed by atoms with Gasteiger partial charge in [0.15, 0.2) is 6.61 Å². The minimum Gasteiger partial charge on any atom is -0.483 e. The van der Waals surface area contributed by atoms with Crippen LogP contribution in [0.5, 0.6) is 5.75 Å². The molecule has 0 bridgehead atoms.